The van der Waals surface area contributed by atoms with E-state index in [9.17, 15) is 22.4 Å². The molecule has 0 bridgehead atoms. The Bertz CT molecular complexity index is 986. The normalized spacial score (nSPS) is 19.0. The highest BCUT2D eigenvalue weighted by molar-refractivity contribution is 7.86. The van der Waals surface area contributed by atoms with Gasteiger partial charge in [-0.25, -0.2) is 9.18 Å². The Morgan fingerprint density at radius 1 is 1.31 bits per heavy atom. The number of nitrogens with zero attached hydrogens (tertiary/aromatic N) is 1. The van der Waals surface area contributed by atoms with Crippen molar-refractivity contribution >= 4 is 16.1 Å². The average Bonchev–Trinajstić information content (AvgIpc) is 3.31. The number of rotatable bonds is 6. The molecule has 1 heterocycles. The van der Waals surface area contributed by atoms with Crippen LogP contribution in [-0.2, 0) is 20.6 Å². The van der Waals surface area contributed by atoms with Crippen molar-refractivity contribution in [3.63, 3.8) is 0 Å². The van der Waals surface area contributed by atoms with Crippen molar-refractivity contribution in [2.75, 3.05) is 7.11 Å². The Hall–Kier alpha value is -2.68. The molecule has 0 saturated heterocycles. The van der Waals surface area contributed by atoms with Gasteiger partial charge < -0.3 is 13.5 Å². The second kappa shape index (κ2) is 6.91. The smallest absolute Gasteiger partial charge is 0.343 e. The molecule has 7 nitrogen and oxygen atoms in total. The molecule has 9 heteroatoms. The molecule has 0 unspecified atom stereocenters. The average molecular weight is 381 g/mol. The molecule has 1 saturated carbocycles. The number of carbonyl (C=O) groups is 1. The molecule has 26 heavy (non-hydrogen) atoms. The van der Waals surface area contributed by atoms with Crippen molar-refractivity contribution in [2.45, 2.75) is 24.4 Å². The van der Waals surface area contributed by atoms with Gasteiger partial charge in [0.25, 0.3) is 5.56 Å². The highest BCUT2D eigenvalue weighted by atomic mass is 32.2. The Balaban J connectivity index is 1.94. The van der Waals surface area contributed by atoms with Gasteiger partial charge in [-0.1, -0.05) is 30.3 Å². The molecule has 1 aliphatic rings. The SMILES string of the molecule is COC(=O)c1cn([C@@H]2C[C@H]2F)c(=O)cc1OS(=O)(=O)Cc1ccccc1. The van der Waals surface area contributed by atoms with Gasteiger partial charge in [-0.15, -0.1) is 0 Å². The summed E-state index contributed by atoms with van der Waals surface area (Å²) in [7, 11) is -3.02. The maximum Gasteiger partial charge on any atom is 0.343 e. The molecule has 0 N–H and O–H groups in total. The van der Waals surface area contributed by atoms with E-state index in [0.29, 0.717) is 5.56 Å². The van der Waals surface area contributed by atoms with Crippen LogP contribution in [0.25, 0.3) is 0 Å². The third kappa shape index (κ3) is 3.93. The zero-order valence-corrected chi connectivity index (χ0v) is 14.6. The second-order valence-corrected chi connectivity index (χ2v) is 7.45. The molecule has 3 rings (SSSR count). The first-order valence-electron chi connectivity index (χ1n) is 7.75. The van der Waals surface area contributed by atoms with Crippen LogP contribution in [-0.4, -0.2) is 32.2 Å². The number of alkyl halides is 1. The van der Waals surface area contributed by atoms with Gasteiger partial charge in [-0.3, -0.25) is 4.79 Å². The minimum atomic E-state index is -4.13. The zero-order chi connectivity index (χ0) is 18.9. The van der Waals surface area contributed by atoms with Gasteiger partial charge in [-0.05, 0) is 5.56 Å². The van der Waals surface area contributed by atoms with Crippen LogP contribution in [0.3, 0.4) is 0 Å². The summed E-state index contributed by atoms with van der Waals surface area (Å²) in [5.41, 5.74) is -0.436. The number of halogens is 1. The van der Waals surface area contributed by atoms with Crippen LogP contribution in [0.15, 0.2) is 47.4 Å². The van der Waals surface area contributed by atoms with E-state index in [1.165, 1.54) is 0 Å². The first-order valence-corrected chi connectivity index (χ1v) is 9.33. The minimum absolute atomic E-state index is 0.160. The Morgan fingerprint density at radius 3 is 2.54 bits per heavy atom. The van der Waals surface area contributed by atoms with E-state index in [1.807, 2.05) is 0 Å². The number of benzene rings is 1. The van der Waals surface area contributed by atoms with Gasteiger partial charge >= 0.3 is 16.1 Å². The highest BCUT2D eigenvalue weighted by Crippen LogP contribution is 2.38. The fourth-order valence-corrected chi connectivity index (χ4v) is 3.58. The Morgan fingerprint density at radius 2 is 1.96 bits per heavy atom. The molecule has 2 aromatic rings. The quantitative estimate of drug-likeness (QED) is 0.560. The fourth-order valence-electron chi connectivity index (χ4n) is 2.51. The van der Waals surface area contributed by atoms with Crippen LogP contribution in [0.4, 0.5) is 4.39 Å². The summed E-state index contributed by atoms with van der Waals surface area (Å²) in [6.07, 6.45) is 0.0607. The first-order chi connectivity index (χ1) is 12.3. The molecule has 0 amide bonds. The number of carbonyl (C=O) groups excluding carboxylic acids is 1. The number of ether oxygens (including phenoxy) is 1. The molecular formula is C17H16FNO6S. The molecule has 0 radical (unpaired) electrons. The van der Waals surface area contributed by atoms with Crippen molar-refractivity contribution in [1.29, 1.82) is 0 Å². The Kier molecular flexibility index (Phi) is 4.82. The summed E-state index contributed by atoms with van der Waals surface area (Å²) >= 11 is 0. The van der Waals surface area contributed by atoms with Crippen molar-refractivity contribution in [1.82, 2.24) is 4.57 Å². The molecule has 1 aromatic heterocycles. The number of hydrogen-bond acceptors (Lipinski definition) is 6. The summed E-state index contributed by atoms with van der Waals surface area (Å²) in [5.74, 6) is -1.77. The molecule has 2 atom stereocenters. The van der Waals surface area contributed by atoms with Crippen molar-refractivity contribution < 1.29 is 26.5 Å². The standard InChI is InChI=1S/C17H16FNO6S/c1-24-17(21)12-9-19(14-7-13(14)18)16(20)8-15(12)25-26(22,23)10-11-5-3-2-4-6-11/h2-6,8-9,13-14H,7,10H2,1H3/t13-,14-/m1/s1. The molecule has 1 fully saturated rings. The largest absolute Gasteiger partial charge is 0.465 e. The van der Waals surface area contributed by atoms with Gasteiger partial charge in [0.2, 0.25) is 0 Å². The van der Waals surface area contributed by atoms with E-state index >= 15 is 0 Å². The summed E-state index contributed by atoms with van der Waals surface area (Å²) in [6.45, 7) is 0. The van der Waals surface area contributed by atoms with Crippen molar-refractivity contribution in [3.8, 4) is 5.75 Å². The van der Waals surface area contributed by atoms with Crippen LogP contribution in [0.2, 0.25) is 0 Å². The van der Waals surface area contributed by atoms with Crippen LogP contribution >= 0.6 is 0 Å². The topological polar surface area (TPSA) is 91.7 Å². The number of esters is 1. The van der Waals surface area contributed by atoms with Crippen molar-refractivity contribution in [2.24, 2.45) is 0 Å². The van der Waals surface area contributed by atoms with Crippen LogP contribution in [0, 0.1) is 0 Å². The van der Waals surface area contributed by atoms with E-state index < -0.39 is 45.4 Å². The van der Waals surface area contributed by atoms with E-state index in [0.717, 1.165) is 23.9 Å². The fraction of sp³-hybridized carbons (Fsp3) is 0.294. The lowest BCUT2D eigenvalue weighted by Crippen LogP contribution is -2.23. The minimum Gasteiger partial charge on any atom is -0.465 e. The molecule has 1 aromatic carbocycles. The van der Waals surface area contributed by atoms with E-state index in [-0.39, 0.29) is 12.0 Å². The third-order valence-corrected chi connectivity index (χ3v) is 5.01. The monoisotopic (exact) mass is 381 g/mol. The van der Waals surface area contributed by atoms with E-state index in [4.69, 9.17) is 4.18 Å². The predicted molar refractivity (Wildman–Crippen MR) is 90.3 cm³/mol. The Labute approximate surface area is 149 Å². The lowest BCUT2D eigenvalue weighted by atomic mass is 10.2. The summed E-state index contributed by atoms with van der Waals surface area (Å²) in [6, 6.07) is 8.50. The molecule has 0 aliphatic heterocycles. The first kappa shape index (κ1) is 18.1. The lowest BCUT2D eigenvalue weighted by Gasteiger charge is -2.12. The van der Waals surface area contributed by atoms with E-state index in [1.54, 1.807) is 30.3 Å². The molecular weight excluding hydrogens is 365 g/mol. The van der Waals surface area contributed by atoms with Gasteiger partial charge in [0.05, 0.1) is 13.2 Å². The number of hydrogen-bond donors (Lipinski definition) is 0. The van der Waals surface area contributed by atoms with Crippen LogP contribution in [0.5, 0.6) is 5.75 Å². The lowest BCUT2D eigenvalue weighted by molar-refractivity contribution is 0.0597. The number of aromatic nitrogens is 1. The number of pyridine rings is 1. The maximum atomic E-state index is 13.3. The summed E-state index contributed by atoms with van der Waals surface area (Å²) < 4.78 is 48.5. The zero-order valence-electron chi connectivity index (χ0n) is 13.8. The molecule has 0 spiro atoms. The van der Waals surface area contributed by atoms with Gasteiger partial charge in [0, 0.05) is 18.7 Å². The van der Waals surface area contributed by atoms with Gasteiger partial charge in [0.15, 0.2) is 5.75 Å². The van der Waals surface area contributed by atoms with Crippen molar-refractivity contribution in [3.05, 3.63) is 64.1 Å². The highest BCUT2D eigenvalue weighted by Gasteiger charge is 2.40. The van der Waals surface area contributed by atoms with E-state index in [2.05, 4.69) is 4.74 Å². The summed E-state index contributed by atoms with van der Waals surface area (Å²) in [5, 5.41) is 0. The second-order valence-electron chi connectivity index (χ2n) is 5.88. The summed E-state index contributed by atoms with van der Waals surface area (Å²) in [4.78, 5) is 24.1. The third-order valence-electron chi connectivity index (χ3n) is 3.89. The van der Waals surface area contributed by atoms with Gasteiger partial charge in [0.1, 0.15) is 17.5 Å². The molecule has 138 valence electrons. The van der Waals surface area contributed by atoms with Crippen LogP contribution < -0.4 is 9.74 Å². The maximum absolute atomic E-state index is 13.3. The van der Waals surface area contributed by atoms with Gasteiger partial charge in [-0.2, -0.15) is 8.42 Å². The number of methoxy groups -OCH3 is 1. The molecule has 1 aliphatic carbocycles. The predicted octanol–water partition coefficient (Wildman–Crippen LogP) is 1.83. The van der Waals surface area contributed by atoms with Crippen LogP contribution in [0.1, 0.15) is 28.4 Å².